The Morgan fingerprint density at radius 3 is 2.26 bits per heavy atom. The van der Waals surface area contributed by atoms with Gasteiger partial charge < -0.3 is 10.1 Å². The molecule has 1 saturated carbocycles. The molecule has 0 aromatic heterocycles. The van der Waals surface area contributed by atoms with Crippen LogP contribution < -0.4 is 5.32 Å². The van der Waals surface area contributed by atoms with Gasteiger partial charge in [-0.25, -0.2) is 4.79 Å². The van der Waals surface area contributed by atoms with Gasteiger partial charge in [0, 0.05) is 19.3 Å². The van der Waals surface area contributed by atoms with Crippen molar-refractivity contribution in [3.63, 3.8) is 0 Å². The minimum Gasteiger partial charge on any atom is -0.444 e. The number of aliphatic imine (C=N–C) groups is 1. The van der Waals surface area contributed by atoms with Gasteiger partial charge in [-0.1, -0.05) is 49.6 Å². The monoisotopic (exact) mass is 318 g/mol. The van der Waals surface area contributed by atoms with E-state index in [1.807, 2.05) is 33.1 Å². The fourth-order valence-corrected chi connectivity index (χ4v) is 2.29. The van der Waals surface area contributed by atoms with Gasteiger partial charge in [0.25, 0.3) is 0 Å². The highest BCUT2D eigenvalue weighted by Crippen LogP contribution is 2.20. The van der Waals surface area contributed by atoms with Gasteiger partial charge in [-0.3, -0.25) is 4.99 Å². The molecule has 1 aromatic rings. The average molecular weight is 318 g/mol. The lowest BCUT2D eigenvalue weighted by molar-refractivity contribution is 0.0541. The van der Waals surface area contributed by atoms with Crippen molar-refractivity contribution in [2.75, 3.05) is 7.05 Å². The molecular formula is C19H30N2O2. The number of rotatable bonds is 2. The molecular weight excluding hydrogens is 288 g/mol. The predicted molar refractivity (Wildman–Crippen MR) is 96.2 cm³/mol. The largest absolute Gasteiger partial charge is 0.444 e. The quantitative estimate of drug-likeness (QED) is 0.811. The molecule has 1 aliphatic carbocycles. The number of carbonyl (C=O) groups is 1. The molecule has 4 nitrogen and oxygen atoms in total. The third kappa shape index (κ3) is 9.72. The van der Waals surface area contributed by atoms with E-state index < -0.39 is 0 Å². The Hall–Kier alpha value is -1.84. The topological polar surface area (TPSA) is 50.7 Å². The molecule has 0 atom stereocenters. The fourth-order valence-electron chi connectivity index (χ4n) is 2.29. The number of benzene rings is 1. The van der Waals surface area contributed by atoms with Crippen molar-refractivity contribution < 1.29 is 9.53 Å². The molecule has 23 heavy (non-hydrogen) atoms. The maximum atomic E-state index is 10.5. The first-order valence-corrected chi connectivity index (χ1v) is 8.39. The molecule has 0 spiro atoms. The third-order valence-electron chi connectivity index (χ3n) is 3.41. The maximum absolute atomic E-state index is 10.5. The normalized spacial score (nSPS) is 15.7. The fraction of sp³-hybridized carbons (Fsp3) is 0.579. The smallest absolute Gasteiger partial charge is 0.407 e. The van der Waals surface area contributed by atoms with Gasteiger partial charge in [-0.05, 0) is 39.2 Å². The number of hydrogen-bond acceptors (Lipinski definition) is 3. The summed E-state index contributed by atoms with van der Waals surface area (Å²) in [5, 5.41) is 2.36. The molecule has 1 N–H and O–H groups in total. The van der Waals surface area contributed by atoms with Crippen LogP contribution in [0, 0.1) is 0 Å². The number of nitrogens with zero attached hydrogens (tertiary/aromatic N) is 1. The minimum atomic E-state index is -0.389. The van der Waals surface area contributed by atoms with Crippen LogP contribution in [0.3, 0.4) is 0 Å². The van der Waals surface area contributed by atoms with Crippen LogP contribution in [-0.2, 0) is 4.74 Å². The van der Waals surface area contributed by atoms with Crippen LogP contribution in [0.4, 0.5) is 4.79 Å². The van der Waals surface area contributed by atoms with Crippen LogP contribution in [0.25, 0.3) is 0 Å². The third-order valence-corrected chi connectivity index (χ3v) is 3.41. The van der Waals surface area contributed by atoms with Crippen LogP contribution in [0.15, 0.2) is 35.3 Å². The van der Waals surface area contributed by atoms with Crippen molar-refractivity contribution in [2.45, 2.75) is 64.5 Å². The maximum Gasteiger partial charge on any atom is 0.407 e. The van der Waals surface area contributed by atoms with Crippen molar-refractivity contribution >= 4 is 12.3 Å². The molecule has 0 aliphatic heterocycles. The zero-order valence-electron chi connectivity index (χ0n) is 14.8. The lowest BCUT2D eigenvalue weighted by atomic mass is 9.96. The van der Waals surface area contributed by atoms with Gasteiger partial charge in [-0.15, -0.1) is 0 Å². The highest BCUT2D eigenvalue weighted by Gasteiger charge is 2.14. The molecule has 1 aliphatic rings. The van der Waals surface area contributed by atoms with Crippen molar-refractivity contribution in [3.8, 4) is 0 Å². The number of hydrogen-bond donors (Lipinski definition) is 1. The van der Waals surface area contributed by atoms with E-state index in [1.165, 1.54) is 44.7 Å². The number of carbonyl (C=O) groups excluding carboxylic acids is 1. The molecule has 0 saturated heterocycles. The first kappa shape index (κ1) is 19.2. The van der Waals surface area contributed by atoms with Crippen molar-refractivity contribution in [1.29, 1.82) is 0 Å². The summed E-state index contributed by atoms with van der Waals surface area (Å²) in [7, 11) is 1.54. The molecule has 128 valence electrons. The Morgan fingerprint density at radius 1 is 1.17 bits per heavy atom. The Kier molecular flexibility index (Phi) is 8.38. The van der Waals surface area contributed by atoms with Crippen molar-refractivity contribution in [1.82, 2.24) is 5.32 Å². The second-order valence-corrected chi connectivity index (χ2v) is 6.73. The molecule has 0 unspecified atom stereocenters. The van der Waals surface area contributed by atoms with E-state index in [0.29, 0.717) is 6.04 Å². The minimum absolute atomic E-state index is 0.387. The summed E-state index contributed by atoms with van der Waals surface area (Å²) in [6.45, 7) is 5.46. The summed E-state index contributed by atoms with van der Waals surface area (Å²) < 4.78 is 4.84. The highest BCUT2D eigenvalue weighted by atomic mass is 16.6. The lowest BCUT2D eigenvalue weighted by Crippen LogP contribution is -2.30. The first-order chi connectivity index (χ1) is 10.9. The Balaban J connectivity index is 0.000000257. The van der Waals surface area contributed by atoms with Gasteiger partial charge in [0.1, 0.15) is 5.60 Å². The van der Waals surface area contributed by atoms with E-state index in [9.17, 15) is 4.79 Å². The predicted octanol–water partition coefficient (Wildman–Crippen LogP) is 4.58. The first-order valence-electron chi connectivity index (χ1n) is 8.39. The van der Waals surface area contributed by atoms with Crippen LogP contribution in [0.1, 0.15) is 58.4 Å². The standard InChI is InChI=1S/C13H17N.C6H13NO2/c1-3-7-12(8-4-1)11-14-13-9-5-2-6-10-13;1-6(2,3)9-5(8)7-4/h1,3-4,7-8,11,13H,2,5-6,9-10H2;1-4H3,(H,7,8). The Morgan fingerprint density at radius 2 is 1.78 bits per heavy atom. The summed E-state index contributed by atoms with van der Waals surface area (Å²) in [4.78, 5) is 15.1. The van der Waals surface area contributed by atoms with Gasteiger partial charge in [0.05, 0.1) is 0 Å². The summed E-state index contributed by atoms with van der Waals surface area (Å²) in [6.07, 6.45) is 8.32. The lowest BCUT2D eigenvalue weighted by Gasteiger charge is -2.18. The van der Waals surface area contributed by atoms with Crippen LogP contribution in [0.2, 0.25) is 0 Å². The molecule has 1 amide bonds. The molecule has 0 bridgehead atoms. The number of ether oxygens (including phenoxy) is 1. The van der Waals surface area contributed by atoms with E-state index in [4.69, 9.17) is 4.74 Å². The number of alkyl carbamates (subject to hydrolysis) is 1. The van der Waals surface area contributed by atoms with Gasteiger partial charge >= 0.3 is 6.09 Å². The highest BCUT2D eigenvalue weighted by molar-refractivity contribution is 5.79. The van der Waals surface area contributed by atoms with E-state index in [1.54, 1.807) is 0 Å². The second-order valence-electron chi connectivity index (χ2n) is 6.73. The van der Waals surface area contributed by atoms with E-state index in [0.717, 1.165) is 0 Å². The zero-order chi connectivity index (χ0) is 17.1. The molecule has 4 heteroatoms. The summed E-state index contributed by atoms with van der Waals surface area (Å²) in [5.41, 5.74) is 0.832. The van der Waals surface area contributed by atoms with Gasteiger partial charge in [0.2, 0.25) is 0 Å². The summed E-state index contributed by atoms with van der Waals surface area (Å²) >= 11 is 0. The van der Waals surface area contributed by atoms with Crippen LogP contribution in [0.5, 0.6) is 0 Å². The summed E-state index contributed by atoms with van der Waals surface area (Å²) in [6, 6.07) is 10.9. The Bertz CT molecular complexity index is 472. The number of amides is 1. The van der Waals surface area contributed by atoms with Crippen molar-refractivity contribution in [3.05, 3.63) is 35.9 Å². The van der Waals surface area contributed by atoms with E-state index in [2.05, 4.69) is 34.6 Å². The van der Waals surface area contributed by atoms with Gasteiger partial charge in [0.15, 0.2) is 0 Å². The molecule has 0 radical (unpaired) electrons. The van der Waals surface area contributed by atoms with Crippen LogP contribution >= 0.6 is 0 Å². The van der Waals surface area contributed by atoms with Crippen LogP contribution in [-0.4, -0.2) is 31.0 Å². The van der Waals surface area contributed by atoms with E-state index >= 15 is 0 Å². The zero-order valence-corrected chi connectivity index (χ0v) is 14.8. The molecule has 2 rings (SSSR count). The SMILES string of the molecule is C(=NC1CCCCC1)c1ccccc1.CNC(=O)OC(C)(C)C. The average Bonchev–Trinajstić information content (AvgIpc) is 2.54. The second kappa shape index (κ2) is 10.0. The van der Waals surface area contributed by atoms with Crippen molar-refractivity contribution in [2.24, 2.45) is 4.99 Å². The molecule has 1 fully saturated rings. The summed E-state index contributed by atoms with van der Waals surface area (Å²) in [5.74, 6) is 0. The Labute approximate surface area is 140 Å². The molecule has 1 aromatic carbocycles. The molecule has 0 heterocycles. The number of nitrogens with one attached hydrogen (secondary N) is 1. The van der Waals surface area contributed by atoms with E-state index in [-0.39, 0.29) is 11.7 Å². The van der Waals surface area contributed by atoms with Gasteiger partial charge in [-0.2, -0.15) is 0 Å².